The Labute approximate surface area is 111 Å². The number of pyridine rings is 1. The van der Waals surface area contributed by atoms with E-state index in [1.807, 2.05) is 13.8 Å². The molecule has 1 unspecified atom stereocenters. The van der Waals surface area contributed by atoms with Gasteiger partial charge >= 0.3 is 0 Å². The third-order valence-electron chi connectivity index (χ3n) is 2.61. The molecule has 100 valence electrons. The third-order valence-corrected chi connectivity index (χ3v) is 2.61. The molecule has 0 saturated heterocycles. The summed E-state index contributed by atoms with van der Waals surface area (Å²) in [7, 11) is 0. The molecule has 0 fully saturated rings. The molecule has 0 aliphatic carbocycles. The van der Waals surface area contributed by atoms with Crippen LogP contribution in [0, 0.1) is 5.82 Å². The van der Waals surface area contributed by atoms with Gasteiger partial charge < -0.3 is 9.84 Å². The highest BCUT2D eigenvalue weighted by molar-refractivity contribution is 5.32. The Bertz CT molecular complexity index is 540. The lowest BCUT2D eigenvalue weighted by molar-refractivity contribution is 0.209. The summed E-state index contributed by atoms with van der Waals surface area (Å²) in [5.74, 6) is 0.199. The second-order valence-electron chi connectivity index (χ2n) is 4.51. The van der Waals surface area contributed by atoms with Crippen LogP contribution in [-0.4, -0.2) is 16.2 Å². The molecule has 0 aliphatic heterocycles. The fourth-order valence-corrected chi connectivity index (χ4v) is 1.76. The normalized spacial score (nSPS) is 12.5. The van der Waals surface area contributed by atoms with E-state index in [-0.39, 0.29) is 11.8 Å². The van der Waals surface area contributed by atoms with Crippen LogP contribution >= 0.6 is 0 Å². The van der Waals surface area contributed by atoms with E-state index >= 15 is 0 Å². The molecular weight excluding hydrogens is 245 g/mol. The summed E-state index contributed by atoms with van der Waals surface area (Å²) in [6.07, 6.45) is 0.469. The minimum atomic E-state index is -1.07. The van der Waals surface area contributed by atoms with Crippen LogP contribution in [0.1, 0.15) is 31.2 Å². The van der Waals surface area contributed by atoms with Gasteiger partial charge in [-0.25, -0.2) is 4.39 Å². The number of aliphatic hydroxyl groups is 1. The van der Waals surface area contributed by atoms with Crippen molar-refractivity contribution in [1.29, 1.82) is 0 Å². The SMILES string of the molecule is CC(C)Oc1ccc(C(O)c2ncccc2F)cc1. The van der Waals surface area contributed by atoms with E-state index in [0.717, 1.165) is 0 Å². The molecule has 1 atom stereocenters. The van der Waals surface area contributed by atoms with Gasteiger partial charge in [0, 0.05) is 6.20 Å². The number of halogens is 1. The second kappa shape index (κ2) is 5.80. The van der Waals surface area contributed by atoms with Gasteiger partial charge in [0.2, 0.25) is 0 Å². The number of aliphatic hydroxyl groups excluding tert-OH is 1. The molecule has 3 nitrogen and oxygen atoms in total. The van der Waals surface area contributed by atoms with Gasteiger partial charge in [-0.3, -0.25) is 4.98 Å². The average molecular weight is 261 g/mol. The zero-order valence-corrected chi connectivity index (χ0v) is 10.9. The lowest BCUT2D eigenvalue weighted by Crippen LogP contribution is -2.07. The predicted octanol–water partition coefficient (Wildman–Crippen LogP) is 3.09. The molecule has 0 radical (unpaired) electrons. The Morgan fingerprint density at radius 2 is 1.84 bits per heavy atom. The Kier molecular flexibility index (Phi) is 4.12. The first-order valence-corrected chi connectivity index (χ1v) is 6.13. The average Bonchev–Trinajstić information content (AvgIpc) is 2.39. The smallest absolute Gasteiger partial charge is 0.147 e. The molecule has 1 aromatic heterocycles. The van der Waals surface area contributed by atoms with Gasteiger partial charge in [-0.1, -0.05) is 12.1 Å². The number of hydrogen-bond acceptors (Lipinski definition) is 3. The summed E-state index contributed by atoms with van der Waals surface area (Å²) < 4.78 is 19.0. The number of aromatic nitrogens is 1. The van der Waals surface area contributed by atoms with Gasteiger partial charge in [-0.15, -0.1) is 0 Å². The summed E-state index contributed by atoms with van der Waals surface area (Å²) in [6.45, 7) is 3.87. The maximum atomic E-state index is 13.5. The first-order valence-electron chi connectivity index (χ1n) is 6.13. The van der Waals surface area contributed by atoms with Crippen LogP contribution in [0.3, 0.4) is 0 Å². The molecule has 2 aromatic rings. The van der Waals surface area contributed by atoms with Crippen molar-refractivity contribution in [3.05, 3.63) is 59.7 Å². The molecule has 1 heterocycles. The zero-order chi connectivity index (χ0) is 13.8. The molecule has 0 amide bonds. The Balaban J connectivity index is 2.20. The monoisotopic (exact) mass is 261 g/mol. The number of rotatable bonds is 4. The van der Waals surface area contributed by atoms with Crippen molar-refractivity contribution < 1.29 is 14.2 Å². The van der Waals surface area contributed by atoms with E-state index < -0.39 is 11.9 Å². The Morgan fingerprint density at radius 3 is 2.42 bits per heavy atom. The fraction of sp³-hybridized carbons (Fsp3) is 0.267. The van der Waals surface area contributed by atoms with Crippen LogP contribution in [0.5, 0.6) is 5.75 Å². The molecule has 0 bridgehead atoms. The van der Waals surface area contributed by atoms with E-state index in [1.165, 1.54) is 18.3 Å². The highest BCUT2D eigenvalue weighted by Crippen LogP contribution is 2.24. The van der Waals surface area contributed by atoms with Gasteiger partial charge in [0.05, 0.1) is 6.10 Å². The van der Waals surface area contributed by atoms with Crippen LogP contribution in [0.25, 0.3) is 0 Å². The Morgan fingerprint density at radius 1 is 1.16 bits per heavy atom. The van der Waals surface area contributed by atoms with Gasteiger partial charge in [0.15, 0.2) is 0 Å². The van der Waals surface area contributed by atoms with Crippen molar-refractivity contribution in [2.24, 2.45) is 0 Å². The van der Waals surface area contributed by atoms with Crippen molar-refractivity contribution in [2.75, 3.05) is 0 Å². The largest absolute Gasteiger partial charge is 0.491 e. The van der Waals surface area contributed by atoms with Crippen LogP contribution in [-0.2, 0) is 0 Å². The summed E-state index contributed by atoms with van der Waals surface area (Å²) >= 11 is 0. The highest BCUT2D eigenvalue weighted by atomic mass is 19.1. The van der Waals surface area contributed by atoms with Crippen LogP contribution in [0.2, 0.25) is 0 Å². The number of hydrogen-bond donors (Lipinski definition) is 1. The molecule has 0 aliphatic rings. The van der Waals surface area contributed by atoms with Gasteiger partial charge in [0.1, 0.15) is 23.4 Å². The molecule has 1 N–H and O–H groups in total. The zero-order valence-electron chi connectivity index (χ0n) is 10.9. The molecule has 4 heteroatoms. The van der Waals surface area contributed by atoms with E-state index in [9.17, 15) is 9.50 Å². The quantitative estimate of drug-likeness (QED) is 0.919. The molecule has 19 heavy (non-hydrogen) atoms. The summed E-state index contributed by atoms with van der Waals surface area (Å²) in [4.78, 5) is 3.87. The van der Waals surface area contributed by atoms with Crippen molar-refractivity contribution in [3.8, 4) is 5.75 Å². The van der Waals surface area contributed by atoms with E-state index in [2.05, 4.69) is 4.98 Å². The second-order valence-corrected chi connectivity index (χ2v) is 4.51. The van der Waals surface area contributed by atoms with Crippen molar-refractivity contribution in [2.45, 2.75) is 26.1 Å². The maximum Gasteiger partial charge on any atom is 0.147 e. The van der Waals surface area contributed by atoms with Crippen LogP contribution in [0.4, 0.5) is 4.39 Å². The fourth-order valence-electron chi connectivity index (χ4n) is 1.76. The van der Waals surface area contributed by atoms with Gasteiger partial charge in [0.25, 0.3) is 0 Å². The Hall–Kier alpha value is -1.94. The van der Waals surface area contributed by atoms with Gasteiger partial charge in [-0.05, 0) is 43.7 Å². The summed E-state index contributed by atoms with van der Waals surface area (Å²) in [5.41, 5.74) is 0.605. The van der Waals surface area contributed by atoms with Crippen molar-refractivity contribution in [1.82, 2.24) is 4.98 Å². The molecular formula is C15H16FNO2. The third kappa shape index (κ3) is 3.29. The van der Waals surface area contributed by atoms with E-state index in [4.69, 9.17) is 4.74 Å². The minimum Gasteiger partial charge on any atom is -0.491 e. The first-order chi connectivity index (χ1) is 9.08. The van der Waals surface area contributed by atoms with Crippen molar-refractivity contribution >= 4 is 0 Å². The summed E-state index contributed by atoms with van der Waals surface area (Å²) in [5, 5.41) is 10.1. The van der Waals surface area contributed by atoms with E-state index in [1.54, 1.807) is 24.3 Å². The molecule has 0 saturated carbocycles. The molecule has 1 aromatic carbocycles. The van der Waals surface area contributed by atoms with Crippen molar-refractivity contribution in [3.63, 3.8) is 0 Å². The lowest BCUT2D eigenvalue weighted by Gasteiger charge is -2.13. The van der Waals surface area contributed by atoms with Gasteiger partial charge in [-0.2, -0.15) is 0 Å². The van der Waals surface area contributed by atoms with E-state index in [0.29, 0.717) is 11.3 Å². The number of benzene rings is 1. The molecule has 2 rings (SSSR count). The highest BCUT2D eigenvalue weighted by Gasteiger charge is 2.16. The minimum absolute atomic E-state index is 0.0278. The number of ether oxygens (including phenoxy) is 1. The number of nitrogens with zero attached hydrogens (tertiary/aromatic N) is 1. The first kappa shape index (κ1) is 13.5. The maximum absolute atomic E-state index is 13.5. The predicted molar refractivity (Wildman–Crippen MR) is 70.5 cm³/mol. The standard InChI is InChI=1S/C15H16FNO2/c1-10(2)19-12-7-5-11(6-8-12)15(18)14-13(16)4-3-9-17-14/h3-10,15,18H,1-2H3. The van der Waals surface area contributed by atoms with Crippen LogP contribution < -0.4 is 4.74 Å². The topological polar surface area (TPSA) is 42.4 Å². The lowest BCUT2D eigenvalue weighted by atomic mass is 10.1. The van der Waals surface area contributed by atoms with Crippen LogP contribution in [0.15, 0.2) is 42.6 Å². The molecule has 0 spiro atoms. The summed E-state index contributed by atoms with van der Waals surface area (Å²) in [6, 6.07) is 9.68.